The van der Waals surface area contributed by atoms with Gasteiger partial charge in [-0.1, -0.05) is 28.1 Å². The third-order valence-electron chi connectivity index (χ3n) is 2.12. The lowest BCUT2D eigenvalue weighted by Crippen LogP contribution is -2.35. The highest BCUT2D eigenvalue weighted by atomic mass is 79.9. The molecule has 0 aliphatic carbocycles. The zero-order chi connectivity index (χ0) is 12.1. The smallest absolute Gasteiger partial charge is 0.195 e. The fourth-order valence-electron chi connectivity index (χ4n) is 1.43. The molecule has 0 aromatic heterocycles. The first-order valence-electron chi connectivity index (χ1n) is 5.14. The Morgan fingerprint density at radius 1 is 1.06 bits per heavy atom. The van der Waals surface area contributed by atoms with E-state index in [1.54, 1.807) is 0 Å². The van der Waals surface area contributed by atoms with Crippen LogP contribution in [0.1, 0.15) is 5.56 Å². The molecule has 3 nitrogen and oxygen atoms in total. The number of hydrogen-bond acceptors (Lipinski definition) is 1. The van der Waals surface area contributed by atoms with Crippen molar-refractivity contribution in [3.63, 3.8) is 0 Å². The SMILES string of the molecule is CN(C)C(=NCc1ccc(Br)cc1)N(C)C. The number of benzene rings is 1. The fourth-order valence-corrected chi connectivity index (χ4v) is 1.70. The summed E-state index contributed by atoms with van der Waals surface area (Å²) in [7, 11) is 8.00. The Morgan fingerprint density at radius 2 is 1.56 bits per heavy atom. The first-order chi connectivity index (χ1) is 7.50. The Kier molecular flexibility index (Phi) is 4.80. The molecular formula is C12H18BrN3. The minimum absolute atomic E-state index is 0.707. The van der Waals surface area contributed by atoms with Gasteiger partial charge in [0, 0.05) is 32.7 Å². The van der Waals surface area contributed by atoms with E-state index in [0.717, 1.165) is 10.4 Å². The van der Waals surface area contributed by atoms with E-state index in [4.69, 9.17) is 0 Å². The van der Waals surface area contributed by atoms with Gasteiger partial charge in [0.2, 0.25) is 0 Å². The van der Waals surface area contributed by atoms with Crippen LogP contribution in [0.3, 0.4) is 0 Å². The highest BCUT2D eigenvalue weighted by Gasteiger charge is 2.03. The Bertz CT molecular complexity index is 345. The second kappa shape index (κ2) is 5.89. The zero-order valence-electron chi connectivity index (χ0n) is 10.2. The summed E-state index contributed by atoms with van der Waals surface area (Å²) >= 11 is 3.42. The molecule has 0 spiro atoms. The van der Waals surface area contributed by atoms with Gasteiger partial charge >= 0.3 is 0 Å². The molecular weight excluding hydrogens is 266 g/mol. The second-order valence-corrected chi connectivity index (χ2v) is 4.95. The maximum atomic E-state index is 4.58. The summed E-state index contributed by atoms with van der Waals surface area (Å²) in [6.07, 6.45) is 0. The van der Waals surface area contributed by atoms with Gasteiger partial charge in [-0.2, -0.15) is 0 Å². The van der Waals surface area contributed by atoms with Gasteiger partial charge in [-0.15, -0.1) is 0 Å². The van der Waals surface area contributed by atoms with Gasteiger partial charge in [0.1, 0.15) is 0 Å². The predicted octanol–water partition coefficient (Wildman–Crippen LogP) is 2.43. The van der Waals surface area contributed by atoms with Crippen LogP contribution in [0, 0.1) is 0 Å². The Morgan fingerprint density at radius 3 is 2.00 bits per heavy atom. The summed E-state index contributed by atoms with van der Waals surface area (Å²) in [6.45, 7) is 0.707. The van der Waals surface area contributed by atoms with Crippen LogP contribution in [-0.2, 0) is 6.54 Å². The summed E-state index contributed by atoms with van der Waals surface area (Å²) in [5, 5.41) is 0. The first kappa shape index (κ1) is 13.0. The van der Waals surface area contributed by atoms with Crippen LogP contribution in [0.2, 0.25) is 0 Å². The number of guanidine groups is 1. The van der Waals surface area contributed by atoms with Crippen LogP contribution in [-0.4, -0.2) is 44.0 Å². The van der Waals surface area contributed by atoms with E-state index in [0.29, 0.717) is 6.54 Å². The topological polar surface area (TPSA) is 18.8 Å². The monoisotopic (exact) mass is 283 g/mol. The van der Waals surface area contributed by atoms with E-state index in [1.807, 2.05) is 50.1 Å². The second-order valence-electron chi connectivity index (χ2n) is 4.03. The standard InChI is InChI=1S/C12H18BrN3/c1-15(2)12(16(3)4)14-9-10-5-7-11(13)8-6-10/h5-8H,9H2,1-4H3. The molecule has 1 aromatic rings. The fraction of sp³-hybridized carbons (Fsp3) is 0.417. The molecule has 0 atom stereocenters. The Hall–Kier alpha value is -1.03. The predicted molar refractivity (Wildman–Crippen MR) is 72.7 cm³/mol. The number of halogens is 1. The normalized spacial score (nSPS) is 9.81. The largest absolute Gasteiger partial charge is 0.349 e. The Labute approximate surface area is 106 Å². The number of aliphatic imine (C=N–C) groups is 1. The van der Waals surface area contributed by atoms with Crippen molar-refractivity contribution in [2.45, 2.75) is 6.54 Å². The van der Waals surface area contributed by atoms with Crippen LogP contribution >= 0.6 is 15.9 Å². The minimum atomic E-state index is 0.707. The van der Waals surface area contributed by atoms with Gasteiger partial charge in [0.15, 0.2) is 5.96 Å². The molecule has 16 heavy (non-hydrogen) atoms. The maximum Gasteiger partial charge on any atom is 0.195 e. The molecule has 0 saturated carbocycles. The van der Waals surface area contributed by atoms with Crippen molar-refractivity contribution in [3.05, 3.63) is 34.3 Å². The summed E-state index contributed by atoms with van der Waals surface area (Å²) in [6, 6.07) is 8.23. The van der Waals surface area contributed by atoms with Crippen molar-refractivity contribution < 1.29 is 0 Å². The molecule has 1 rings (SSSR count). The van der Waals surface area contributed by atoms with Gasteiger partial charge < -0.3 is 9.80 Å². The summed E-state index contributed by atoms with van der Waals surface area (Å²) in [5.41, 5.74) is 1.21. The van der Waals surface area contributed by atoms with E-state index in [2.05, 4.69) is 33.1 Å². The molecule has 4 heteroatoms. The lowest BCUT2D eigenvalue weighted by Gasteiger charge is -2.22. The van der Waals surface area contributed by atoms with E-state index < -0.39 is 0 Å². The van der Waals surface area contributed by atoms with E-state index >= 15 is 0 Å². The molecule has 88 valence electrons. The molecule has 0 amide bonds. The zero-order valence-corrected chi connectivity index (χ0v) is 11.8. The van der Waals surface area contributed by atoms with Gasteiger partial charge in [0.05, 0.1) is 6.54 Å². The summed E-state index contributed by atoms with van der Waals surface area (Å²) in [5.74, 6) is 0.975. The molecule has 0 saturated heterocycles. The van der Waals surface area contributed by atoms with Crippen LogP contribution in [0.15, 0.2) is 33.7 Å². The third kappa shape index (κ3) is 3.85. The maximum absolute atomic E-state index is 4.58. The van der Waals surface area contributed by atoms with Gasteiger partial charge in [-0.3, -0.25) is 0 Å². The number of rotatable bonds is 2. The quantitative estimate of drug-likeness (QED) is 0.613. The van der Waals surface area contributed by atoms with Gasteiger partial charge in [-0.25, -0.2) is 4.99 Å². The lowest BCUT2D eigenvalue weighted by molar-refractivity contribution is 0.479. The van der Waals surface area contributed by atoms with E-state index in [1.165, 1.54) is 5.56 Å². The van der Waals surface area contributed by atoms with Crippen molar-refractivity contribution >= 4 is 21.9 Å². The molecule has 1 aromatic carbocycles. The first-order valence-corrected chi connectivity index (χ1v) is 5.93. The van der Waals surface area contributed by atoms with Crippen LogP contribution in [0.4, 0.5) is 0 Å². The van der Waals surface area contributed by atoms with Crippen molar-refractivity contribution in [2.24, 2.45) is 4.99 Å². The summed E-state index contributed by atoms with van der Waals surface area (Å²) < 4.78 is 1.10. The third-order valence-corrected chi connectivity index (χ3v) is 2.64. The highest BCUT2D eigenvalue weighted by molar-refractivity contribution is 9.10. The average Bonchev–Trinajstić information content (AvgIpc) is 2.20. The van der Waals surface area contributed by atoms with Gasteiger partial charge in [-0.05, 0) is 17.7 Å². The molecule has 0 unspecified atom stereocenters. The molecule has 0 fully saturated rings. The molecule has 0 heterocycles. The van der Waals surface area contributed by atoms with Crippen molar-refractivity contribution in [3.8, 4) is 0 Å². The Balaban J connectivity index is 2.73. The lowest BCUT2D eigenvalue weighted by atomic mass is 10.2. The number of hydrogen-bond donors (Lipinski definition) is 0. The molecule has 0 N–H and O–H groups in total. The van der Waals surface area contributed by atoms with E-state index in [-0.39, 0.29) is 0 Å². The molecule has 0 aliphatic heterocycles. The van der Waals surface area contributed by atoms with Crippen molar-refractivity contribution in [2.75, 3.05) is 28.2 Å². The minimum Gasteiger partial charge on any atom is -0.349 e. The van der Waals surface area contributed by atoms with Crippen LogP contribution in [0.5, 0.6) is 0 Å². The average molecular weight is 284 g/mol. The molecule has 0 aliphatic rings. The van der Waals surface area contributed by atoms with Crippen LogP contribution in [0.25, 0.3) is 0 Å². The number of nitrogens with zero attached hydrogens (tertiary/aromatic N) is 3. The molecule has 0 bridgehead atoms. The van der Waals surface area contributed by atoms with Crippen molar-refractivity contribution in [1.29, 1.82) is 0 Å². The summed E-state index contributed by atoms with van der Waals surface area (Å²) in [4.78, 5) is 8.60. The van der Waals surface area contributed by atoms with E-state index in [9.17, 15) is 0 Å². The van der Waals surface area contributed by atoms with Crippen LogP contribution < -0.4 is 0 Å². The van der Waals surface area contributed by atoms with Crippen molar-refractivity contribution in [1.82, 2.24) is 9.80 Å². The van der Waals surface area contributed by atoms with Gasteiger partial charge in [0.25, 0.3) is 0 Å². The molecule has 0 radical (unpaired) electrons. The highest BCUT2D eigenvalue weighted by Crippen LogP contribution is 2.11.